The van der Waals surface area contributed by atoms with E-state index >= 15 is 0 Å². The first kappa shape index (κ1) is 39.5. The van der Waals surface area contributed by atoms with E-state index in [2.05, 4.69) is 139 Å². The predicted molar refractivity (Wildman–Crippen MR) is 171 cm³/mol. The van der Waals surface area contributed by atoms with E-state index in [9.17, 15) is 0 Å². The minimum Gasteiger partial charge on any atom is -1.00 e. The second-order valence-corrected chi connectivity index (χ2v) is 24.5. The molecule has 0 nitrogen and oxygen atoms in total. The monoisotopic (exact) mass is 672 g/mol. The summed E-state index contributed by atoms with van der Waals surface area (Å²) < 4.78 is 0. The summed E-state index contributed by atoms with van der Waals surface area (Å²) in [6.45, 7) is 32.7. The number of hydrogen-bond acceptors (Lipinski definition) is 0. The first-order valence-corrected chi connectivity index (χ1v) is 20.3. The quantitative estimate of drug-likeness (QED) is 0.233. The number of hydrogen-bond donors (Lipinski definition) is 0. The van der Waals surface area contributed by atoms with Crippen molar-refractivity contribution in [3.8, 4) is 0 Å². The maximum absolute atomic E-state index is 2.99. The summed E-state index contributed by atoms with van der Waals surface area (Å²) in [4.78, 5) is 0. The SMILES string of the molecule is CC(C)(C)c1cc2[cH-]c3cc(C(C)(C)C)c(C(C)(C)C)cc3c2cc1C(C)(C)C.C[Si](C)=[Zr+2].[C-]1=CC=CC1.[Cl-].[Cl-]. The molecular weight excluding hydrogens is 623 g/mol. The minimum absolute atomic E-state index is 0. The van der Waals surface area contributed by atoms with Gasteiger partial charge in [-0.2, -0.15) is 6.08 Å². The first-order valence-electron chi connectivity index (χ1n) is 14.1. The van der Waals surface area contributed by atoms with Crippen molar-refractivity contribution in [3.63, 3.8) is 0 Å². The molecule has 0 fully saturated rings. The molecular formula is C36H52Cl2SiZr-2. The van der Waals surface area contributed by atoms with Gasteiger partial charge in [-0.25, -0.2) is 12.2 Å². The van der Waals surface area contributed by atoms with Gasteiger partial charge in [0.05, 0.1) is 0 Å². The van der Waals surface area contributed by atoms with Crippen molar-refractivity contribution in [2.75, 3.05) is 0 Å². The van der Waals surface area contributed by atoms with Crippen LogP contribution in [0.5, 0.6) is 0 Å². The van der Waals surface area contributed by atoms with E-state index in [1.807, 2.05) is 12.2 Å². The van der Waals surface area contributed by atoms with Crippen LogP contribution in [-0.4, -0.2) is 5.43 Å². The summed E-state index contributed by atoms with van der Waals surface area (Å²) in [7, 11) is 0. The van der Waals surface area contributed by atoms with Gasteiger partial charge in [-0.3, -0.25) is 6.08 Å². The molecule has 3 aromatic rings. The van der Waals surface area contributed by atoms with Crippen molar-refractivity contribution in [1.82, 2.24) is 0 Å². The molecule has 40 heavy (non-hydrogen) atoms. The molecule has 0 aromatic heterocycles. The Morgan fingerprint density at radius 2 is 0.925 bits per heavy atom. The van der Waals surface area contributed by atoms with E-state index < -0.39 is 0 Å². The fourth-order valence-electron chi connectivity index (χ4n) is 4.93. The largest absolute Gasteiger partial charge is 1.00 e. The molecule has 0 unspecified atom stereocenters. The van der Waals surface area contributed by atoms with Crippen LogP contribution in [0.3, 0.4) is 0 Å². The van der Waals surface area contributed by atoms with Crippen molar-refractivity contribution in [2.45, 2.75) is 124 Å². The van der Waals surface area contributed by atoms with Crippen LogP contribution in [0.2, 0.25) is 13.1 Å². The van der Waals surface area contributed by atoms with Gasteiger partial charge in [0.1, 0.15) is 0 Å². The van der Waals surface area contributed by atoms with E-state index in [0.29, 0.717) is 0 Å². The van der Waals surface area contributed by atoms with Crippen molar-refractivity contribution >= 4 is 27.0 Å². The number of allylic oxidation sites excluding steroid dienone is 4. The molecule has 1 aliphatic carbocycles. The summed E-state index contributed by atoms with van der Waals surface area (Å²) in [5, 5.41) is 5.57. The van der Waals surface area contributed by atoms with Gasteiger partial charge in [0, 0.05) is 0 Å². The van der Waals surface area contributed by atoms with Crippen LogP contribution >= 0.6 is 0 Å². The minimum atomic E-state index is 0. The van der Waals surface area contributed by atoms with Crippen LogP contribution in [0.1, 0.15) is 112 Å². The Labute approximate surface area is 274 Å². The molecule has 0 saturated carbocycles. The predicted octanol–water partition coefficient (Wildman–Crippen LogP) is 5.00. The summed E-state index contributed by atoms with van der Waals surface area (Å²) in [5.41, 5.74) is 6.62. The number of benzene rings is 2. The Hall–Kier alpha value is -0.530. The van der Waals surface area contributed by atoms with E-state index in [1.165, 1.54) is 43.8 Å². The standard InChI is InChI=1S/C29H41.C5H5.C2H6Si.2ClH.Zr/c1-26(2,3)22-14-18-13-19-15-23(27(4,5)6)25(29(10,11)12)17-21(19)20(18)16-24(22)28(7,8)9;1-2-4-5-3-1;1-3-2;;;/h13-17H,1-12H3;1-3H,4H2;1-2H3;2*1H;/q2*-1;;;;+2/p-2. The maximum Gasteiger partial charge on any atom is -0.109 e. The Morgan fingerprint density at radius 3 is 1.12 bits per heavy atom. The number of halogens is 2. The van der Waals surface area contributed by atoms with Crippen LogP contribution in [-0.2, 0) is 45.0 Å². The van der Waals surface area contributed by atoms with Crippen molar-refractivity contribution in [2.24, 2.45) is 0 Å². The second-order valence-electron chi connectivity index (χ2n) is 15.1. The molecule has 0 heterocycles. The molecule has 4 rings (SSSR count). The Bertz CT molecular complexity index is 1240. The zero-order chi connectivity index (χ0) is 29.3. The average molecular weight is 675 g/mol. The third kappa shape index (κ3) is 10.6. The van der Waals surface area contributed by atoms with Crippen LogP contribution in [0.15, 0.2) is 48.6 Å². The van der Waals surface area contributed by atoms with Crippen LogP contribution in [0.25, 0.3) is 21.5 Å². The molecule has 220 valence electrons. The molecule has 0 aliphatic heterocycles. The van der Waals surface area contributed by atoms with Crippen molar-refractivity contribution in [3.05, 3.63) is 76.9 Å². The zero-order valence-corrected chi connectivity index (χ0v) is 32.6. The smallest absolute Gasteiger partial charge is 0.109 e. The molecule has 0 radical (unpaired) electrons. The molecule has 0 atom stereocenters. The Kier molecular flexibility index (Phi) is 14.6. The maximum atomic E-state index is 2.99. The number of fused-ring (bicyclic) bond motifs is 3. The van der Waals surface area contributed by atoms with Gasteiger partial charge in [-0.05, 0) is 21.7 Å². The van der Waals surface area contributed by atoms with Gasteiger partial charge in [0.2, 0.25) is 0 Å². The van der Waals surface area contributed by atoms with Gasteiger partial charge >= 0.3 is 41.9 Å². The van der Waals surface area contributed by atoms with E-state index in [4.69, 9.17) is 0 Å². The Balaban J connectivity index is 0.00000119. The molecule has 1 aliphatic rings. The van der Waals surface area contributed by atoms with E-state index in [-0.39, 0.29) is 51.9 Å². The second kappa shape index (κ2) is 14.8. The fourth-order valence-corrected chi connectivity index (χ4v) is 4.93. The molecule has 3 aromatic carbocycles. The van der Waals surface area contributed by atoms with Gasteiger partial charge in [0.25, 0.3) is 0 Å². The number of rotatable bonds is 0. The third-order valence-corrected chi connectivity index (χ3v) is 6.80. The van der Waals surface area contributed by atoms with E-state index in [1.54, 1.807) is 23.3 Å². The molecule has 4 heteroatoms. The first-order chi connectivity index (χ1) is 17.1. The van der Waals surface area contributed by atoms with Gasteiger partial charge in [0.15, 0.2) is 0 Å². The molecule has 0 amide bonds. The molecule has 0 saturated heterocycles. The van der Waals surface area contributed by atoms with Crippen molar-refractivity contribution < 1.29 is 48.1 Å². The molecule has 0 spiro atoms. The van der Waals surface area contributed by atoms with Crippen LogP contribution < -0.4 is 24.8 Å². The normalized spacial score (nSPS) is 13.2. The topological polar surface area (TPSA) is 0 Å². The summed E-state index contributed by atoms with van der Waals surface area (Å²) in [6, 6.07) is 12.3. The van der Waals surface area contributed by atoms with Crippen LogP contribution in [0, 0.1) is 6.08 Å². The summed E-state index contributed by atoms with van der Waals surface area (Å²) >= 11 is 1.74. The van der Waals surface area contributed by atoms with Gasteiger partial charge < -0.3 is 24.8 Å². The zero-order valence-electron chi connectivity index (χ0n) is 27.6. The van der Waals surface area contributed by atoms with E-state index in [0.717, 1.165) is 6.42 Å². The summed E-state index contributed by atoms with van der Waals surface area (Å²) in [6.07, 6.45) is 10.0. The molecule has 0 N–H and O–H groups in total. The summed E-state index contributed by atoms with van der Waals surface area (Å²) in [5.74, 6) is 0. The molecule has 0 bridgehead atoms. The Morgan fingerprint density at radius 1 is 0.625 bits per heavy atom. The average Bonchev–Trinajstić information content (AvgIpc) is 3.40. The van der Waals surface area contributed by atoms with Gasteiger partial charge in [-0.15, -0.1) is 46.2 Å². The fraction of sp³-hybridized carbons (Fsp3) is 0.528. The third-order valence-electron chi connectivity index (χ3n) is 6.80. The van der Waals surface area contributed by atoms with Gasteiger partial charge in [-0.1, -0.05) is 117 Å². The van der Waals surface area contributed by atoms with Crippen molar-refractivity contribution in [1.29, 1.82) is 0 Å². The van der Waals surface area contributed by atoms with Crippen LogP contribution in [0.4, 0.5) is 0 Å².